The maximum absolute atomic E-state index is 9.84. The summed E-state index contributed by atoms with van der Waals surface area (Å²) in [7, 11) is 0. The quantitative estimate of drug-likeness (QED) is 0.247. The van der Waals surface area contributed by atoms with E-state index < -0.39 is 11.9 Å². The van der Waals surface area contributed by atoms with Gasteiger partial charge in [-0.25, -0.2) is 9.59 Å². The minimum Gasteiger partial charge on any atom is -0.365 e. The first-order valence-electron chi connectivity index (χ1n) is 1.54. The summed E-state index contributed by atoms with van der Waals surface area (Å²) in [6.07, 6.45) is 0. The second-order valence-corrected chi connectivity index (χ2v) is 0.811. The van der Waals surface area contributed by atoms with Crippen LogP contribution >= 0.6 is 0 Å². The topological polar surface area (TPSA) is 105 Å². The Hall–Kier alpha value is -0.621. The van der Waals surface area contributed by atoms with Gasteiger partial charge in [0.1, 0.15) is 0 Å². The van der Waals surface area contributed by atoms with Gasteiger partial charge in [0.25, 0.3) is 0 Å². The minimum absolute atomic E-state index is 0. The van der Waals surface area contributed by atoms with Crippen molar-refractivity contribution in [3.8, 4) is 0 Å². The zero-order valence-corrected chi connectivity index (χ0v) is 5.25. The molecule has 0 aliphatic heterocycles. The summed E-state index contributed by atoms with van der Waals surface area (Å²) >= 11 is 0. The summed E-state index contributed by atoms with van der Waals surface area (Å²) in [5, 5.41) is 0. The largest absolute Gasteiger partial charge is 0.437 e. The van der Waals surface area contributed by atoms with Crippen molar-refractivity contribution in [2.24, 2.45) is 11.8 Å². The van der Waals surface area contributed by atoms with E-state index >= 15 is 0 Å². The fourth-order valence-corrected chi connectivity index (χ4v) is 0.0962. The van der Waals surface area contributed by atoms with Crippen LogP contribution in [0.3, 0.4) is 0 Å². The fourth-order valence-electron chi connectivity index (χ4n) is 0.0962. The van der Waals surface area contributed by atoms with Gasteiger partial charge in [-0.15, -0.1) is 0 Å². The van der Waals surface area contributed by atoms with Crippen LogP contribution in [0, 0.1) is 0 Å². The second kappa shape index (κ2) is 5.51. The molecule has 0 heterocycles. The summed E-state index contributed by atoms with van der Waals surface area (Å²) in [4.78, 5) is 26.5. The molecule has 0 aromatic carbocycles. The van der Waals surface area contributed by atoms with E-state index in [1.165, 1.54) is 0 Å². The standard InChI is InChI=1S/C2H4N2O4.Fe/c3-7-1(5)2(6)8-4;/h3-4H2;. The van der Waals surface area contributed by atoms with Gasteiger partial charge in [-0.05, 0) is 0 Å². The Bertz CT molecular complexity index is 101. The second-order valence-electron chi connectivity index (χ2n) is 0.811. The van der Waals surface area contributed by atoms with Crippen molar-refractivity contribution in [2.45, 2.75) is 0 Å². The monoisotopic (exact) mass is 176 g/mol. The molecule has 0 bridgehead atoms. The van der Waals surface area contributed by atoms with E-state index in [0.717, 1.165) is 0 Å². The molecule has 0 aliphatic carbocycles. The van der Waals surface area contributed by atoms with Crippen LogP contribution in [-0.4, -0.2) is 11.9 Å². The Kier molecular flexibility index (Phi) is 6.87. The predicted molar refractivity (Wildman–Crippen MR) is 20.6 cm³/mol. The van der Waals surface area contributed by atoms with Gasteiger partial charge < -0.3 is 9.68 Å². The van der Waals surface area contributed by atoms with Gasteiger partial charge >= 0.3 is 11.9 Å². The van der Waals surface area contributed by atoms with Gasteiger partial charge in [0.15, 0.2) is 0 Å². The molecule has 0 amide bonds. The smallest absolute Gasteiger partial charge is 0.365 e. The van der Waals surface area contributed by atoms with Crippen LogP contribution in [0.1, 0.15) is 0 Å². The molecule has 0 aromatic rings. The molecule has 0 atom stereocenters. The van der Waals surface area contributed by atoms with Crippen molar-refractivity contribution in [1.29, 1.82) is 0 Å². The van der Waals surface area contributed by atoms with E-state index in [-0.39, 0.29) is 17.1 Å². The molecule has 54 valence electrons. The number of carbonyl (C=O) groups is 2. The number of hydrogen-bond donors (Lipinski definition) is 2. The fraction of sp³-hybridized carbons (Fsp3) is 0. The summed E-state index contributed by atoms with van der Waals surface area (Å²) in [6, 6.07) is 0. The summed E-state index contributed by atoms with van der Waals surface area (Å²) in [5.74, 6) is 5.83. The van der Waals surface area contributed by atoms with Crippen LogP contribution in [0.2, 0.25) is 0 Å². The summed E-state index contributed by atoms with van der Waals surface area (Å²) in [5.41, 5.74) is 0. The van der Waals surface area contributed by atoms with Gasteiger partial charge in [-0.2, -0.15) is 11.8 Å². The molecule has 0 fully saturated rings. The molecule has 0 aromatic heterocycles. The zero-order chi connectivity index (χ0) is 6.57. The maximum Gasteiger partial charge on any atom is 0.437 e. The molecule has 4 N–H and O–H groups in total. The first kappa shape index (κ1) is 11.2. The first-order valence-corrected chi connectivity index (χ1v) is 1.54. The normalized spacial score (nSPS) is 6.89. The van der Waals surface area contributed by atoms with E-state index in [1.807, 2.05) is 0 Å². The Balaban J connectivity index is 0. The van der Waals surface area contributed by atoms with Gasteiger partial charge in [0, 0.05) is 17.1 Å². The van der Waals surface area contributed by atoms with E-state index in [1.54, 1.807) is 0 Å². The Morgan fingerprint density at radius 2 is 1.22 bits per heavy atom. The third-order valence-electron chi connectivity index (χ3n) is 0.381. The number of carbonyl (C=O) groups excluding carboxylic acids is 2. The molecule has 0 spiro atoms. The predicted octanol–water partition coefficient (Wildman–Crippen LogP) is -2.18. The van der Waals surface area contributed by atoms with Crippen molar-refractivity contribution >= 4 is 11.9 Å². The van der Waals surface area contributed by atoms with Gasteiger partial charge in [-0.1, -0.05) is 0 Å². The Morgan fingerprint density at radius 3 is 1.33 bits per heavy atom. The first-order chi connectivity index (χ1) is 3.72. The maximum atomic E-state index is 9.84. The van der Waals surface area contributed by atoms with Crippen LogP contribution in [0.5, 0.6) is 0 Å². The van der Waals surface area contributed by atoms with Gasteiger partial charge in [0.05, 0.1) is 0 Å². The minimum atomic E-state index is -1.33. The number of rotatable bonds is 0. The molecule has 0 saturated heterocycles. The van der Waals surface area contributed by atoms with Gasteiger partial charge in [0.2, 0.25) is 0 Å². The number of nitrogens with two attached hydrogens (primary N) is 2. The molecule has 0 unspecified atom stereocenters. The average Bonchev–Trinajstić information content (AvgIpc) is 1.84. The Morgan fingerprint density at radius 1 is 1.00 bits per heavy atom. The molecule has 0 rings (SSSR count). The molecule has 6 nitrogen and oxygen atoms in total. The molecule has 0 saturated carbocycles. The zero-order valence-electron chi connectivity index (χ0n) is 4.14. The van der Waals surface area contributed by atoms with Crippen molar-refractivity contribution in [1.82, 2.24) is 0 Å². The Labute approximate surface area is 60.8 Å². The third-order valence-corrected chi connectivity index (χ3v) is 0.381. The molecular formula is C2H4FeN2O4. The van der Waals surface area contributed by atoms with E-state index in [4.69, 9.17) is 0 Å². The van der Waals surface area contributed by atoms with Crippen molar-refractivity contribution in [3.63, 3.8) is 0 Å². The third kappa shape index (κ3) is 3.92. The van der Waals surface area contributed by atoms with E-state index in [0.29, 0.717) is 0 Å². The molecular weight excluding hydrogens is 172 g/mol. The van der Waals surface area contributed by atoms with Crippen LogP contribution in [0.25, 0.3) is 0 Å². The molecule has 7 heteroatoms. The van der Waals surface area contributed by atoms with Gasteiger partial charge in [-0.3, -0.25) is 0 Å². The molecule has 0 radical (unpaired) electrons. The van der Waals surface area contributed by atoms with Crippen molar-refractivity contribution < 1.29 is 36.3 Å². The van der Waals surface area contributed by atoms with Crippen LogP contribution < -0.4 is 11.8 Å². The van der Waals surface area contributed by atoms with Crippen molar-refractivity contribution in [2.75, 3.05) is 0 Å². The molecule has 0 aliphatic rings. The van der Waals surface area contributed by atoms with Crippen LogP contribution in [0.15, 0.2) is 0 Å². The van der Waals surface area contributed by atoms with Crippen LogP contribution in [0.4, 0.5) is 0 Å². The van der Waals surface area contributed by atoms with Crippen LogP contribution in [-0.2, 0) is 36.3 Å². The SMILES string of the molecule is NOC(=O)C(=O)ON.[Fe]. The average molecular weight is 176 g/mol. The number of hydrogen-bond acceptors (Lipinski definition) is 6. The summed E-state index contributed by atoms with van der Waals surface area (Å²) < 4.78 is 0. The van der Waals surface area contributed by atoms with E-state index in [9.17, 15) is 9.59 Å². The summed E-state index contributed by atoms with van der Waals surface area (Å²) in [6.45, 7) is 0. The molecule has 9 heavy (non-hydrogen) atoms. The van der Waals surface area contributed by atoms with Crippen molar-refractivity contribution in [3.05, 3.63) is 0 Å². The van der Waals surface area contributed by atoms with E-state index in [2.05, 4.69) is 21.5 Å².